The van der Waals surface area contributed by atoms with E-state index >= 15 is 0 Å². The van der Waals surface area contributed by atoms with Gasteiger partial charge in [0.05, 0.1) is 12.7 Å². The van der Waals surface area contributed by atoms with Gasteiger partial charge in [0.15, 0.2) is 0 Å². The van der Waals surface area contributed by atoms with Crippen molar-refractivity contribution >= 4 is 11.9 Å². The molecule has 7 heteroatoms. The van der Waals surface area contributed by atoms with E-state index in [1.807, 2.05) is 6.92 Å². The summed E-state index contributed by atoms with van der Waals surface area (Å²) in [6, 6.07) is 0.602. The first-order valence-electron chi connectivity index (χ1n) is 6.15. The minimum absolute atomic E-state index is 0.168. The van der Waals surface area contributed by atoms with Crippen LogP contribution in [0.4, 0.5) is 11.9 Å². The Kier molecular flexibility index (Phi) is 4.14. The van der Waals surface area contributed by atoms with Crippen molar-refractivity contribution in [2.24, 2.45) is 0 Å². The van der Waals surface area contributed by atoms with Crippen LogP contribution >= 0.6 is 0 Å². The van der Waals surface area contributed by atoms with Gasteiger partial charge in [-0.15, -0.1) is 0 Å². The molecular formula is C11H19N5O2. The van der Waals surface area contributed by atoms with Gasteiger partial charge in [0.25, 0.3) is 0 Å². The highest BCUT2D eigenvalue weighted by atomic mass is 16.5. The molecule has 0 aromatic carbocycles. The summed E-state index contributed by atoms with van der Waals surface area (Å²) in [4.78, 5) is 12.1. The summed E-state index contributed by atoms with van der Waals surface area (Å²) in [6.07, 6.45) is 3.13. The molecule has 0 unspecified atom stereocenters. The molecule has 0 saturated heterocycles. The van der Waals surface area contributed by atoms with Gasteiger partial charge in [-0.1, -0.05) is 6.92 Å². The van der Waals surface area contributed by atoms with Crippen LogP contribution in [0, 0.1) is 0 Å². The molecule has 1 fully saturated rings. The summed E-state index contributed by atoms with van der Waals surface area (Å²) in [6.45, 7) is 2.58. The van der Waals surface area contributed by atoms with Gasteiger partial charge in [-0.25, -0.2) is 0 Å². The van der Waals surface area contributed by atoms with Gasteiger partial charge in [0.2, 0.25) is 11.9 Å². The van der Waals surface area contributed by atoms with Crippen molar-refractivity contribution in [3.63, 3.8) is 0 Å². The Morgan fingerprint density at radius 1 is 1.33 bits per heavy atom. The third-order valence-corrected chi connectivity index (χ3v) is 2.83. The number of ether oxygens (including phenoxy) is 2. The summed E-state index contributed by atoms with van der Waals surface area (Å²) >= 11 is 0. The van der Waals surface area contributed by atoms with Crippen LogP contribution in [0.1, 0.15) is 26.2 Å². The van der Waals surface area contributed by atoms with Gasteiger partial charge in [0, 0.05) is 13.2 Å². The van der Waals surface area contributed by atoms with E-state index in [2.05, 4.69) is 20.3 Å². The van der Waals surface area contributed by atoms with Crippen molar-refractivity contribution in [2.45, 2.75) is 38.3 Å². The molecule has 100 valence electrons. The number of anilines is 2. The topological polar surface area (TPSA) is 95.2 Å². The van der Waals surface area contributed by atoms with Crippen LogP contribution in [0.2, 0.25) is 0 Å². The smallest absolute Gasteiger partial charge is 0.323 e. The average molecular weight is 253 g/mol. The van der Waals surface area contributed by atoms with Gasteiger partial charge in [0.1, 0.15) is 0 Å². The number of rotatable bonds is 6. The van der Waals surface area contributed by atoms with E-state index < -0.39 is 0 Å². The van der Waals surface area contributed by atoms with E-state index in [4.69, 9.17) is 15.2 Å². The fourth-order valence-electron chi connectivity index (χ4n) is 1.75. The summed E-state index contributed by atoms with van der Waals surface area (Å²) in [5.41, 5.74) is 5.61. The zero-order chi connectivity index (χ0) is 13.0. The highest BCUT2D eigenvalue weighted by Crippen LogP contribution is 2.25. The summed E-state index contributed by atoms with van der Waals surface area (Å²) in [5, 5.41) is 3.20. The summed E-state index contributed by atoms with van der Waals surface area (Å²) in [5.74, 6) is 0.634. The summed E-state index contributed by atoms with van der Waals surface area (Å²) in [7, 11) is 1.72. The van der Waals surface area contributed by atoms with Crippen LogP contribution in [-0.4, -0.2) is 40.8 Å². The molecular weight excluding hydrogens is 234 g/mol. The zero-order valence-electron chi connectivity index (χ0n) is 10.7. The maximum atomic E-state index is 5.61. The fourth-order valence-corrected chi connectivity index (χ4v) is 1.75. The quantitative estimate of drug-likeness (QED) is 0.775. The first-order chi connectivity index (χ1) is 8.71. The number of nitrogens with one attached hydrogen (secondary N) is 1. The van der Waals surface area contributed by atoms with Crippen molar-refractivity contribution in [3.8, 4) is 6.01 Å². The van der Waals surface area contributed by atoms with Crippen LogP contribution in [0.3, 0.4) is 0 Å². The Hall–Kier alpha value is -1.63. The second kappa shape index (κ2) is 5.81. The first-order valence-corrected chi connectivity index (χ1v) is 6.15. The molecule has 18 heavy (non-hydrogen) atoms. The molecule has 1 heterocycles. The van der Waals surface area contributed by atoms with Crippen LogP contribution < -0.4 is 15.8 Å². The lowest BCUT2D eigenvalue weighted by molar-refractivity contribution is 0.0327. The number of hydrogen-bond donors (Lipinski definition) is 2. The van der Waals surface area contributed by atoms with E-state index in [1.165, 1.54) is 0 Å². The van der Waals surface area contributed by atoms with E-state index in [0.717, 1.165) is 19.3 Å². The maximum absolute atomic E-state index is 5.61. The molecule has 1 aliphatic carbocycles. The molecule has 0 amide bonds. The van der Waals surface area contributed by atoms with E-state index in [-0.39, 0.29) is 12.0 Å². The number of nitrogens with two attached hydrogens (primary N) is 1. The van der Waals surface area contributed by atoms with Gasteiger partial charge in [-0.3, -0.25) is 0 Å². The Balaban J connectivity index is 1.93. The second-order valence-corrected chi connectivity index (χ2v) is 4.32. The molecule has 1 aliphatic rings. The predicted molar refractivity (Wildman–Crippen MR) is 67.5 cm³/mol. The molecule has 0 spiro atoms. The molecule has 0 radical (unpaired) electrons. The lowest BCUT2D eigenvalue weighted by atomic mass is 9.89. The van der Waals surface area contributed by atoms with Crippen LogP contribution in [-0.2, 0) is 4.74 Å². The third-order valence-electron chi connectivity index (χ3n) is 2.83. The third kappa shape index (κ3) is 3.19. The average Bonchev–Trinajstić information content (AvgIpc) is 2.30. The minimum Gasteiger partial charge on any atom is -0.463 e. The van der Waals surface area contributed by atoms with Gasteiger partial charge in [-0.05, 0) is 19.3 Å². The van der Waals surface area contributed by atoms with Crippen molar-refractivity contribution < 1.29 is 9.47 Å². The van der Waals surface area contributed by atoms with Crippen molar-refractivity contribution in [2.75, 3.05) is 24.8 Å². The minimum atomic E-state index is 0.168. The lowest BCUT2D eigenvalue weighted by Crippen LogP contribution is -2.40. The zero-order valence-corrected chi connectivity index (χ0v) is 10.7. The normalized spacial score (nSPS) is 22.3. The Morgan fingerprint density at radius 2 is 2.11 bits per heavy atom. The number of methoxy groups -OCH3 is 1. The number of aromatic nitrogens is 3. The van der Waals surface area contributed by atoms with Gasteiger partial charge < -0.3 is 20.5 Å². The van der Waals surface area contributed by atoms with Crippen molar-refractivity contribution in [1.29, 1.82) is 0 Å². The van der Waals surface area contributed by atoms with Crippen molar-refractivity contribution in [3.05, 3.63) is 0 Å². The molecule has 3 N–H and O–H groups in total. The van der Waals surface area contributed by atoms with Gasteiger partial charge >= 0.3 is 6.01 Å². The molecule has 1 saturated carbocycles. The molecule has 0 bridgehead atoms. The van der Waals surface area contributed by atoms with Crippen LogP contribution in [0.25, 0.3) is 0 Å². The first kappa shape index (κ1) is 12.8. The maximum Gasteiger partial charge on any atom is 0.323 e. The van der Waals surface area contributed by atoms with Crippen molar-refractivity contribution in [1.82, 2.24) is 15.0 Å². The second-order valence-electron chi connectivity index (χ2n) is 4.32. The number of nitrogens with zero attached hydrogens (tertiary/aromatic N) is 3. The van der Waals surface area contributed by atoms with Crippen LogP contribution in [0.5, 0.6) is 6.01 Å². The Morgan fingerprint density at radius 3 is 2.78 bits per heavy atom. The Labute approximate surface area is 106 Å². The monoisotopic (exact) mass is 253 g/mol. The lowest BCUT2D eigenvalue weighted by Gasteiger charge is -2.34. The molecule has 2 rings (SSSR count). The molecule has 0 atom stereocenters. The summed E-state index contributed by atoms with van der Waals surface area (Å²) < 4.78 is 10.6. The number of nitrogen functional groups attached to an aromatic ring is 1. The predicted octanol–water partition coefficient (Wildman–Crippen LogP) is 0.832. The molecule has 7 nitrogen and oxygen atoms in total. The molecule has 0 aliphatic heterocycles. The van der Waals surface area contributed by atoms with Crippen LogP contribution in [0.15, 0.2) is 0 Å². The SMILES string of the molecule is CCCOc1nc(N)nc(NC2CC(OC)C2)n1. The van der Waals surface area contributed by atoms with E-state index in [0.29, 0.717) is 24.7 Å². The highest BCUT2D eigenvalue weighted by Gasteiger charge is 2.29. The van der Waals surface area contributed by atoms with Gasteiger partial charge in [-0.2, -0.15) is 15.0 Å². The highest BCUT2D eigenvalue weighted by molar-refractivity contribution is 5.34. The largest absolute Gasteiger partial charge is 0.463 e. The van der Waals surface area contributed by atoms with E-state index in [9.17, 15) is 0 Å². The fraction of sp³-hybridized carbons (Fsp3) is 0.727. The number of hydrogen-bond acceptors (Lipinski definition) is 7. The molecule has 1 aromatic rings. The Bertz CT molecular complexity index is 395. The standard InChI is InChI=1S/C11H19N5O2/c1-3-4-18-11-15-9(12)14-10(16-11)13-7-5-8(6-7)17-2/h7-8H,3-6H2,1-2H3,(H3,12,13,14,15,16). The van der Waals surface area contributed by atoms with E-state index in [1.54, 1.807) is 7.11 Å². The molecule has 1 aromatic heterocycles.